The molecule has 0 unspecified atom stereocenters. The van der Waals surface area contributed by atoms with Gasteiger partial charge in [0.15, 0.2) is 0 Å². The molecule has 2 aromatic rings. The first-order valence-electron chi connectivity index (χ1n) is 6.78. The van der Waals surface area contributed by atoms with E-state index < -0.39 is 5.82 Å². The number of hydrogen-bond donors (Lipinski definition) is 1. The van der Waals surface area contributed by atoms with Crippen LogP contribution in [0, 0.1) is 17.1 Å². The molecule has 1 aliphatic carbocycles. The summed E-state index contributed by atoms with van der Waals surface area (Å²) in [5.74, 6) is -0.290. The fourth-order valence-corrected chi connectivity index (χ4v) is 2.96. The van der Waals surface area contributed by atoms with E-state index >= 15 is 0 Å². The zero-order valence-corrected chi connectivity index (χ0v) is 12.0. The molecule has 106 valence electrons. The highest BCUT2D eigenvalue weighted by Gasteiger charge is 2.22. The van der Waals surface area contributed by atoms with Crippen LogP contribution in [0.3, 0.4) is 0 Å². The minimum absolute atomic E-state index is 0.0631. The average molecular weight is 302 g/mol. The third-order valence-corrected chi connectivity index (χ3v) is 4.13. The first-order valence-corrected chi connectivity index (χ1v) is 7.16. The largest absolute Gasteiger partial charge is 0.383 e. The van der Waals surface area contributed by atoms with E-state index in [9.17, 15) is 9.65 Å². The number of pyridine rings is 1. The van der Waals surface area contributed by atoms with Crippen LogP contribution in [0.25, 0.3) is 11.1 Å². The fraction of sp³-hybridized carbons (Fsp3) is 0.250. The molecule has 5 heteroatoms. The Morgan fingerprint density at radius 3 is 2.76 bits per heavy atom. The molecule has 3 nitrogen and oxygen atoms in total. The monoisotopic (exact) mass is 301 g/mol. The van der Waals surface area contributed by atoms with Crippen molar-refractivity contribution in [1.29, 1.82) is 5.26 Å². The molecule has 0 radical (unpaired) electrons. The summed E-state index contributed by atoms with van der Waals surface area (Å²) < 4.78 is 13.8. The standard InChI is InChI=1S/C16H13ClFN3/c17-12-6-5-9(7-13(12)18)15-10-3-1-2-4-14(10)21-16(20)11(15)8-19/h5-7H,1-4H2,(H2,20,21). The Bertz CT molecular complexity index is 765. The lowest BCUT2D eigenvalue weighted by Gasteiger charge is -2.21. The lowest BCUT2D eigenvalue weighted by molar-refractivity contribution is 0.628. The van der Waals surface area contributed by atoms with E-state index in [1.807, 2.05) is 0 Å². The van der Waals surface area contributed by atoms with Crippen molar-refractivity contribution >= 4 is 17.4 Å². The maximum atomic E-state index is 13.8. The van der Waals surface area contributed by atoms with Gasteiger partial charge in [0, 0.05) is 11.3 Å². The van der Waals surface area contributed by atoms with Gasteiger partial charge in [-0.25, -0.2) is 9.37 Å². The highest BCUT2D eigenvalue weighted by atomic mass is 35.5. The molecule has 0 fully saturated rings. The fourth-order valence-electron chi connectivity index (χ4n) is 2.85. The highest BCUT2D eigenvalue weighted by Crippen LogP contribution is 2.36. The zero-order chi connectivity index (χ0) is 15.0. The van der Waals surface area contributed by atoms with Gasteiger partial charge < -0.3 is 5.73 Å². The minimum Gasteiger partial charge on any atom is -0.383 e. The first kappa shape index (κ1) is 13.8. The van der Waals surface area contributed by atoms with Crippen LogP contribution in [0.2, 0.25) is 5.02 Å². The van der Waals surface area contributed by atoms with Gasteiger partial charge in [-0.1, -0.05) is 17.7 Å². The number of halogens is 2. The number of anilines is 1. The van der Waals surface area contributed by atoms with E-state index in [1.54, 1.807) is 6.07 Å². The van der Waals surface area contributed by atoms with Crippen LogP contribution in [0.1, 0.15) is 29.7 Å². The van der Waals surface area contributed by atoms with Crippen LogP contribution in [0.4, 0.5) is 10.2 Å². The van der Waals surface area contributed by atoms with Gasteiger partial charge in [-0.2, -0.15) is 5.26 Å². The average Bonchev–Trinajstić information content (AvgIpc) is 2.48. The number of hydrogen-bond acceptors (Lipinski definition) is 3. The second-order valence-corrected chi connectivity index (χ2v) is 5.53. The van der Waals surface area contributed by atoms with E-state index in [0.717, 1.165) is 36.9 Å². The predicted octanol–water partition coefficient (Wildman–Crippen LogP) is 3.87. The summed E-state index contributed by atoms with van der Waals surface area (Å²) in [6, 6.07) is 6.67. The number of nitriles is 1. The van der Waals surface area contributed by atoms with Crippen molar-refractivity contribution in [2.24, 2.45) is 0 Å². The number of nitrogens with two attached hydrogens (primary N) is 1. The summed E-state index contributed by atoms with van der Waals surface area (Å²) in [6.07, 6.45) is 3.76. The van der Waals surface area contributed by atoms with Crippen LogP contribution in [0.15, 0.2) is 18.2 Å². The summed E-state index contributed by atoms with van der Waals surface area (Å²) in [7, 11) is 0. The Morgan fingerprint density at radius 1 is 1.29 bits per heavy atom. The molecule has 1 heterocycles. The second-order valence-electron chi connectivity index (χ2n) is 5.12. The Morgan fingerprint density at radius 2 is 2.05 bits per heavy atom. The quantitative estimate of drug-likeness (QED) is 0.869. The molecule has 1 aromatic heterocycles. The van der Waals surface area contributed by atoms with Crippen molar-refractivity contribution in [2.75, 3.05) is 5.73 Å². The summed E-state index contributed by atoms with van der Waals surface area (Å²) >= 11 is 5.74. The van der Waals surface area contributed by atoms with Crippen molar-refractivity contribution in [3.63, 3.8) is 0 Å². The first-order chi connectivity index (χ1) is 10.1. The third kappa shape index (κ3) is 2.34. The van der Waals surface area contributed by atoms with Crippen molar-refractivity contribution in [3.8, 4) is 17.2 Å². The smallest absolute Gasteiger partial charge is 0.142 e. The molecular formula is C16H13ClFN3. The molecule has 0 bridgehead atoms. The molecule has 2 N–H and O–H groups in total. The maximum Gasteiger partial charge on any atom is 0.142 e. The summed E-state index contributed by atoms with van der Waals surface area (Å²) in [6.45, 7) is 0. The molecular weight excluding hydrogens is 289 g/mol. The topological polar surface area (TPSA) is 62.7 Å². The third-order valence-electron chi connectivity index (χ3n) is 3.82. The van der Waals surface area contributed by atoms with E-state index in [1.165, 1.54) is 12.1 Å². The van der Waals surface area contributed by atoms with E-state index in [0.29, 0.717) is 16.7 Å². The SMILES string of the molecule is N#Cc1c(N)nc2c(c1-c1ccc(Cl)c(F)c1)CCCC2. The summed E-state index contributed by atoms with van der Waals surface area (Å²) in [4.78, 5) is 4.35. The highest BCUT2D eigenvalue weighted by molar-refractivity contribution is 6.30. The number of nitrogens with zero attached hydrogens (tertiary/aromatic N) is 2. The van der Waals surface area contributed by atoms with Crippen molar-refractivity contribution in [3.05, 3.63) is 45.9 Å². The maximum absolute atomic E-state index is 13.8. The Balaban J connectivity index is 2.31. The van der Waals surface area contributed by atoms with Crippen LogP contribution >= 0.6 is 11.6 Å². The lowest BCUT2D eigenvalue weighted by atomic mass is 9.86. The van der Waals surface area contributed by atoms with Crippen LogP contribution < -0.4 is 5.73 Å². The van der Waals surface area contributed by atoms with Crippen LogP contribution in [0.5, 0.6) is 0 Å². The number of aromatic nitrogens is 1. The molecule has 0 saturated heterocycles. The number of rotatable bonds is 1. The molecule has 21 heavy (non-hydrogen) atoms. The molecule has 0 aliphatic heterocycles. The number of nitrogen functional groups attached to an aromatic ring is 1. The van der Waals surface area contributed by atoms with Gasteiger partial charge >= 0.3 is 0 Å². The molecule has 0 spiro atoms. The zero-order valence-electron chi connectivity index (χ0n) is 11.3. The molecule has 1 aromatic carbocycles. The number of benzene rings is 1. The van der Waals surface area contributed by atoms with Gasteiger partial charge in [0.2, 0.25) is 0 Å². The van der Waals surface area contributed by atoms with E-state index in [-0.39, 0.29) is 10.8 Å². The van der Waals surface area contributed by atoms with Gasteiger partial charge in [0.25, 0.3) is 0 Å². The predicted molar refractivity (Wildman–Crippen MR) is 80.4 cm³/mol. The molecule has 3 rings (SSSR count). The second kappa shape index (κ2) is 5.34. The van der Waals surface area contributed by atoms with E-state index in [4.69, 9.17) is 17.3 Å². The van der Waals surface area contributed by atoms with Gasteiger partial charge in [-0.05, 0) is 48.9 Å². The summed E-state index contributed by atoms with van der Waals surface area (Å²) in [5.41, 5.74) is 9.48. The van der Waals surface area contributed by atoms with Gasteiger partial charge in [0.1, 0.15) is 23.3 Å². The Labute approximate surface area is 127 Å². The Hall–Kier alpha value is -2.12. The number of fused-ring (bicyclic) bond motifs is 1. The van der Waals surface area contributed by atoms with Crippen molar-refractivity contribution in [1.82, 2.24) is 4.98 Å². The minimum atomic E-state index is -0.502. The molecule has 0 atom stereocenters. The lowest BCUT2D eigenvalue weighted by Crippen LogP contribution is -2.11. The van der Waals surface area contributed by atoms with Crippen molar-refractivity contribution in [2.45, 2.75) is 25.7 Å². The molecule has 1 aliphatic rings. The van der Waals surface area contributed by atoms with Gasteiger partial charge in [-0.3, -0.25) is 0 Å². The van der Waals surface area contributed by atoms with Gasteiger partial charge in [-0.15, -0.1) is 0 Å². The van der Waals surface area contributed by atoms with Crippen LogP contribution in [-0.2, 0) is 12.8 Å². The normalized spacial score (nSPS) is 13.6. The molecule has 0 amide bonds. The molecule has 0 saturated carbocycles. The Kier molecular flexibility index (Phi) is 3.52. The van der Waals surface area contributed by atoms with Crippen LogP contribution in [-0.4, -0.2) is 4.98 Å². The summed E-state index contributed by atoms with van der Waals surface area (Å²) in [5, 5.41) is 9.46. The van der Waals surface area contributed by atoms with Gasteiger partial charge in [0.05, 0.1) is 5.02 Å². The van der Waals surface area contributed by atoms with E-state index in [2.05, 4.69) is 11.1 Å². The van der Waals surface area contributed by atoms with Crippen molar-refractivity contribution < 1.29 is 4.39 Å². The number of aryl methyl sites for hydroxylation is 1.